The average molecular weight is 189 g/mol. The molecule has 0 unspecified atom stereocenters. The van der Waals surface area contributed by atoms with Crippen LogP contribution in [-0.2, 0) is 6.61 Å². The maximum Gasteiger partial charge on any atom is 0.0702 e. The normalized spacial score (nSPS) is 22.2. The second-order valence-electron chi connectivity index (χ2n) is 4.64. The molecule has 1 heterocycles. The van der Waals surface area contributed by atoms with E-state index < -0.39 is 0 Å². The highest BCUT2D eigenvalue weighted by molar-refractivity contribution is 5.56. The Kier molecular flexibility index (Phi) is 1.62. The lowest BCUT2D eigenvalue weighted by Gasteiger charge is -2.42. The molecule has 2 fully saturated rings. The van der Waals surface area contributed by atoms with E-state index in [0.29, 0.717) is 5.41 Å². The van der Waals surface area contributed by atoms with Crippen molar-refractivity contribution in [3.63, 3.8) is 0 Å². The van der Waals surface area contributed by atoms with Gasteiger partial charge in [0, 0.05) is 29.8 Å². The van der Waals surface area contributed by atoms with Crippen molar-refractivity contribution in [2.75, 3.05) is 18.0 Å². The summed E-state index contributed by atoms with van der Waals surface area (Å²) in [6.07, 6.45) is 2.82. The van der Waals surface area contributed by atoms with Gasteiger partial charge < -0.3 is 10.0 Å². The first-order valence-corrected chi connectivity index (χ1v) is 5.27. The van der Waals surface area contributed by atoms with E-state index >= 15 is 0 Å². The van der Waals surface area contributed by atoms with Crippen molar-refractivity contribution in [3.8, 4) is 0 Å². The van der Waals surface area contributed by atoms with E-state index in [2.05, 4.69) is 11.0 Å². The number of benzene rings is 1. The summed E-state index contributed by atoms with van der Waals surface area (Å²) in [6.45, 7) is 2.55. The Balaban J connectivity index is 1.82. The number of anilines is 1. The summed E-state index contributed by atoms with van der Waals surface area (Å²) in [4.78, 5) is 2.39. The number of para-hydroxylation sites is 1. The minimum absolute atomic E-state index is 0.152. The molecule has 2 heteroatoms. The third-order valence-electron chi connectivity index (χ3n) is 3.51. The van der Waals surface area contributed by atoms with Crippen LogP contribution in [0.3, 0.4) is 0 Å². The number of hydrogen-bond acceptors (Lipinski definition) is 2. The first kappa shape index (κ1) is 8.30. The molecule has 2 aliphatic rings. The average Bonchev–Trinajstić information content (AvgIpc) is 2.95. The Morgan fingerprint density at radius 1 is 1.21 bits per heavy atom. The second-order valence-corrected chi connectivity index (χ2v) is 4.64. The van der Waals surface area contributed by atoms with Gasteiger partial charge in [-0.15, -0.1) is 0 Å². The van der Waals surface area contributed by atoms with Crippen LogP contribution in [0.25, 0.3) is 0 Å². The standard InChI is InChI=1S/C12H15NO/c14-7-10-3-1-2-4-11(10)13-8-12(9-13)5-6-12/h1-4,14H,5-9H2. The van der Waals surface area contributed by atoms with Gasteiger partial charge in [-0.05, 0) is 18.9 Å². The zero-order chi connectivity index (χ0) is 9.60. The fourth-order valence-corrected chi connectivity index (χ4v) is 2.38. The summed E-state index contributed by atoms with van der Waals surface area (Å²) < 4.78 is 0. The summed E-state index contributed by atoms with van der Waals surface area (Å²) in [5.74, 6) is 0. The van der Waals surface area contributed by atoms with Crippen LogP contribution in [0.5, 0.6) is 0 Å². The maximum atomic E-state index is 9.21. The highest BCUT2D eigenvalue weighted by Gasteiger charge is 2.52. The van der Waals surface area contributed by atoms with Crippen LogP contribution in [0.15, 0.2) is 24.3 Å². The Morgan fingerprint density at radius 2 is 1.93 bits per heavy atom. The molecule has 2 nitrogen and oxygen atoms in total. The predicted octanol–water partition coefficient (Wildman–Crippen LogP) is 1.78. The zero-order valence-electron chi connectivity index (χ0n) is 8.24. The smallest absolute Gasteiger partial charge is 0.0702 e. The van der Waals surface area contributed by atoms with E-state index in [0.717, 1.165) is 5.56 Å². The van der Waals surface area contributed by atoms with Crippen LogP contribution in [0, 0.1) is 5.41 Å². The van der Waals surface area contributed by atoms with E-state index in [1.165, 1.54) is 31.6 Å². The fraction of sp³-hybridized carbons (Fsp3) is 0.500. The molecule has 74 valence electrons. The molecular formula is C12H15NO. The van der Waals surface area contributed by atoms with Gasteiger partial charge in [-0.1, -0.05) is 18.2 Å². The monoisotopic (exact) mass is 189 g/mol. The van der Waals surface area contributed by atoms with Gasteiger partial charge in [0.25, 0.3) is 0 Å². The van der Waals surface area contributed by atoms with Crippen molar-refractivity contribution in [3.05, 3.63) is 29.8 Å². The Bertz CT molecular complexity index is 349. The van der Waals surface area contributed by atoms with Crippen molar-refractivity contribution in [2.45, 2.75) is 19.4 Å². The minimum atomic E-state index is 0.152. The lowest BCUT2D eigenvalue weighted by atomic mass is 9.95. The molecule has 1 N–H and O–H groups in total. The molecular weight excluding hydrogens is 174 g/mol. The molecule has 1 saturated carbocycles. The third-order valence-corrected chi connectivity index (χ3v) is 3.51. The maximum absolute atomic E-state index is 9.21. The molecule has 0 amide bonds. The van der Waals surface area contributed by atoms with Crippen LogP contribution in [-0.4, -0.2) is 18.2 Å². The molecule has 1 saturated heterocycles. The topological polar surface area (TPSA) is 23.5 Å². The van der Waals surface area contributed by atoms with Gasteiger partial charge in [0.2, 0.25) is 0 Å². The Hall–Kier alpha value is -1.02. The molecule has 1 aliphatic carbocycles. The van der Waals surface area contributed by atoms with Crippen molar-refractivity contribution in [1.29, 1.82) is 0 Å². The summed E-state index contributed by atoms with van der Waals surface area (Å²) in [7, 11) is 0. The zero-order valence-corrected chi connectivity index (χ0v) is 8.24. The molecule has 0 atom stereocenters. The first-order chi connectivity index (χ1) is 6.83. The highest BCUT2D eigenvalue weighted by Crippen LogP contribution is 2.54. The lowest BCUT2D eigenvalue weighted by Crippen LogP contribution is -2.48. The van der Waals surface area contributed by atoms with Gasteiger partial charge in [-0.3, -0.25) is 0 Å². The summed E-state index contributed by atoms with van der Waals surface area (Å²) in [6, 6.07) is 8.15. The van der Waals surface area contributed by atoms with E-state index in [1.807, 2.05) is 18.2 Å². The van der Waals surface area contributed by atoms with Crippen LogP contribution in [0.1, 0.15) is 18.4 Å². The summed E-state index contributed by atoms with van der Waals surface area (Å²) >= 11 is 0. The van der Waals surface area contributed by atoms with E-state index in [4.69, 9.17) is 0 Å². The van der Waals surface area contributed by atoms with Gasteiger partial charge in [0.05, 0.1) is 6.61 Å². The third kappa shape index (κ3) is 1.14. The summed E-state index contributed by atoms with van der Waals surface area (Å²) in [5.41, 5.74) is 2.97. The van der Waals surface area contributed by atoms with Crippen molar-refractivity contribution < 1.29 is 5.11 Å². The lowest BCUT2D eigenvalue weighted by molar-refractivity contribution is 0.280. The quantitative estimate of drug-likeness (QED) is 0.766. The molecule has 0 aromatic heterocycles. The van der Waals surface area contributed by atoms with Crippen LogP contribution < -0.4 is 4.90 Å². The molecule has 1 spiro atoms. The van der Waals surface area contributed by atoms with Crippen molar-refractivity contribution in [1.82, 2.24) is 0 Å². The largest absolute Gasteiger partial charge is 0.392 e. The number of hydrogen-bond donors (Lipinski definition) is 1. The first-order valence-electron chi connectivity index (χ1n) is 5.27. The molecule has 14 heavy (non-hydrogen) atoms. The van der Waals surface area contributed by atoms with Crippen LogP contribution >= 0.6 is 0 Å². The Morgan fingerprint density at radius 3 is 2.57 bits per heavy atom. The number of aliphatic hydroxyl groups excluding tert-OH is 1. The molecule has 1 aliphatic heterocycles. The second kappa shape index (κ2) is 2.74. The van der Waals surface area contributed by atoms with Gasteiger partial charge >= 0.3 is 0 Å². The van der Waals surface area contributed by atoms with Gasteiger partial charge in [-0.25, -0.2) is 0 Å². The van der Waals surface area contributed by atoms with Crippen LogP contribution in [0.4, 0.5) is 5.69 Å². The minimum Gasteiger partial charge on any atom is -0.392 e. The summed E-state index contributed by atoms with van der Waals surface area (Å²) in [5, 5.41) is 9.21. The van der Waals surface area contributed by atoms with E-state index in [1.54, 1.807) is 0 Å². The molecule has 3 rings (SSSR count). The molecule has 1 aromatic carbocycles. The molecule has 0 bridgehead atoms. The Labute approximate surface area is 84.2 Å². The highest BCUT2D eigenvalue weighted by atomic mass is 16.3. The van der Waals surface area contributed by atoms with Gasteiger partial charge in [-0.2, -0.15) is 0 Å². The van der Waals surface area contributed by atoms with Crippen molar-refractivity contribution in [2.24, 2.45) is 5.41 Å². The van der Waals surface area contributed by atoms with E-state index in [-0.39, 0.29) is 6.61 Å². The number of aliphatic hydroxyl groups is 1. The van der Waals surface area contributed by atoms with E-state index in [9.17, 15) is 5.11 Å². The van der Waals surface area contributed by atoms with Crippen LogP contribution in [0.2, 0.25) is 0 Å². The van der Waals surface area contributed by atoms with Gasteiger partial charge in [0.1, 0.15) is 0 Å². The number of nitrogens with zero attached hydrogens (tertiary/aromatic N) is 1. The molecule has 1 aromatic rings. The number of rotatable bonds is 2. The molecule has 0 radical (unpaired) electrons. The van der Waals surface area contributed by atoms with Gasteiger partial charge in [0.15, 0.2) is 0 Å². The fourth-order valence-electron chi connectivity index (χ4n) is 2.38. The predicted molar refractivity (Wildman–Crippen MR) is 56.2 cm³/mol. The van der Waals surface area contributed by atoms with Crippen molar-refractivity contribution >= 4 is 5.69 Å². The SMILES string of the molecule is OCc1ccccc1N1CC2(CC2)C1.